The molecule has 0 amide bonds. The van der Waals surface area contributed by atoms with Crippen LogP contribution in [0.2, 0.25) is 0 Å². The van der Waals surface area contributed by atoms with Crippen molar-refractivity contribution in [2.45, 2.75) is 27.3 Å². The van der Waals surface area contributed by atoms with Gasteiger partial charge >= 0.3 is 0 Å². The fraction of sp³-hybridized carbons (Fsp3) is 0.474. The molecular formula is C19H29NO2S. The first-order chi connectivity index (χ1) is 11.1. The van der Waals surface area contributed by atoms with Crippen LogP contribution in [0, 0.1) is 0 Å². The van der Waals surface area contributed by atoms with Crippen molar-refractivity contribution in [3.63, 3.8) is 0 Å². The Morgan fingerprint density at radius 3 is 2.61 bits per heavy atom. The van der Waals surface area contributed by atoms with Crippen LogP contribution < -0.4 is 0 Å². The van der Waals surface area contributed by atoms with Gasteiger partial charge in [0.15, 0.2) is 0 Å². The SMILES string of the molecule is C=C(C)SCOC(=C)c1cccc(CN2CCOCC2)c1.CC. The van der Waals surface area contributed by atoms with Crippen molar-refractivity contribution in [2.24, 2.45) is 0 Å². The zero-order valence-corrected chi connectivity index (χ0v) is 15.5. The first-order valence-corrected chi connectivity index (χ1v) is 9.13. The number of morpholine rings is 1. The molecule has 2 rings (SSSR count). The summed E-state index contributed by atoms with van der Waals surface area (Å²) >= 11 is 1.59. The van der Waals surface area contributed by atoms with E-state index in [9.17, 15) is 0 Å². The molecule has 1 aromatic carbocycles. The molecule has 0 atom stereocenters. The Morgan fingerprint density at radius 2 is 1.96 bits per heavy atom. The van der Waals surface area contributed by atoms with E-state index in [2.05, 4.69) is 36.3 Å². The molecule has 0 radical (unpaired) electrons. The van der Waals surface area contributed by atoms with E-state index >= 15 is 0 Å². The van der Waals surface area contributed by atoms with Gasteiger partial charge in [0.05, 0.1) is 13.2 Å². The average molecular weight is 336 g/mol. The molecule has 128 valence electrons. The Balaban J connectivity index is 0.00000127. The molecular weight excluding hydrogens is 306 g/mol. The maximum Gasteiger partial charge on any atom is 0.138 e. The Kier molecular flexibility index (Phi) is 9.76. The van der Waals surface area contributed by atoms with Crippen LogP contribution in [0.15, 0.2) is 42.3 Å². The summed E-state index contributed by atoms with van der Waals surface area (Å²) in [4.78, 5) is 3.45. The fourth-order valence-corrected chi connectivity index (χ4v) is 2.55. The number of thioether (sulfide) groups is 1. The highest BCUT2D eigenvalue weighted by molar-refractivity contribution is 8.02. The van der Waals surface area contributed by atoms with Gasteiger partial charge in [-0.3, -0.25) is 4.90 Å². The van der Waals surface area contributed by atoms with Crippen molar-refractivity contribution in [1.29, 1.82) is 0 Å². The molecule has 0 unspecified atom stereocenters. The van der Waals surface area contributed by atoms with E-state index in [1.54, 1.807) is 11.8 Å². The maximum absolute atomic E-state index is 5.66. The summed E-state index contributed by atoms with van der Waals surface area (Å²) in [5.74, 6) is 1.27. The van der Waals surface area contributed by atoms with Crippen molar-refractivity contribution in [1.82, 2.24) is 4.90 Å². The third-order valence-corrected chi connectivity index (χ3v) is 4.03. The highest BCUT2D eigenvalue weighted by Gasteiger charge is 2.11. The number of hydrogen-bond donors (Lipinski definition) is 0. The Bertz CT molecular complexity index is 496. The zero-order chi connectivity index (χ0) is 17.1. The normalized spacial score (nSPS) is 14.6. The quantitative estimate of drug-likeness (QED) is 0.529. The first kappa shape index (κ1) is 19.8. The molecule has 0 spiro atoms. The monoisotopic (exact) mass is 335 g/mol. The lowest BCUT2D eigenvalue weighted by Crippen LogP contribution is -2.35. The second-order valence-electron chi connectivity index (χ2n) is 5.12. The number of nitrogens with zero attached hydrogens (tertiary/aromatic N) is 1. The first-order valence-electron chi connectivity index (χ1n) is 8.14. The summed E-state index contributed by atoms with van der Waals surface area (Å²) in [6.45, 7) is 18.4. The predicted molar refractivity (Wildman–Crippen MR) is 101 cm³/mol. The smallest absolute Gasteiger partial charge is 0.138 e. The van der Waals surface area contributed by atoms with Crippen LogP contribution in [-0.4, -0.2) is 37.1 Å². The fourth-order valence-electron chi connectivity index (χ4n) is 2.15. The lowest BCUT2D eigenvalue weighted by Gasteiger charge is -2.26. The third-order valence-electron chi connectivity index (χ3n) is 3.30. The number of ether oxygens (including phenoxy) is 2. The summed E-state index contributed by atoms with van der Waals surface area (Å²) in [6.07, 6.45) is 0. The van der Waals surface area contributed by atoms with E-state index in [1.807, 2.05) is 26.8 Å². The Hall–Kier alpha value is -1.23. The lowest BCUT2D eigenvalue weighted by atomic mass is 10.1. The third kappa shape index (κ3) is 7.73. The van der Waals surface area contributed by atoms with Crippen LogP contribution in [0.25, 0.3) is 5.76 Å². The van der Waals surface area contributed by atoms with Crippen LogP contribution in [0.3, 0.4) is 0 Å². The standard InChI is InChI=1S/C17H23NO2S.C2H6/c1-14(2)21-13-20-15(3)17-6-4-5-16(11-17)12-18-7-9-19-10-8-18;1-2/h4-6,11H,1,3,7-10,12-13H2,2H3;1-2H3. The summed E-state index contributed by atoms with van der Waals surface area (Å²) in [6, 6.07) is 8.40. The van der Waals surface area contributed by atoms with E-state index in [0.29, 0.717) is 11.7 Å². The Morgan fingerprint density at radius 1 is 1.26 bits per heavy atom. The molecule has 1 fully saturated rings. The van der Waals surface area contributed by atoms with Crippen LogP contribution in [0.1, 0.15) is 31.9 Å². The van der Waals surface area contributed by atoms with Gasteiger partial charge in [0.25, 0.3) is 0 Å². The molecule has 1 aliphatic heterocycles. The molecule has 0 saturated carbocycles. The summed E-state index contributed by atoms with van der Waals surface area (Å²) in [7, 11) is 0. The van der Waals surface area contributed by atoms with Gasteiger partial charge in [0.1, 0.15) is 11.7 Å². The van der Waals surface area contributed by atoms with Crippen LogP contribution in [0.5, 0.6) is 0 Å². The van der Waals surface area contributed by atoms with Crippen molar-refractivity contribution >= 4 is 17.5 Å². The topological polar surface area (TPSA) is 21.7 Å². The van der Waals surface area contributed by atoms with Crippen molar-refractivity contribution < 1.29 is 9.47 Å². The highest BCUT2D eigenvalue weighted by atomic mass is 32.2. The van der Waals surface area contributed by atoms with E-state index in [1.165, 1.54) is 5.56 Å². The Labute approximate surface area is 145 Å². The molecule has 1 saturated heterocycles. The number of rotatable bonds is 7. The molecule has 0 bridgehead atoms. The van der Waals surface area contributed by atoms with E-state index in [0.717, 1.165) is 43.3 Å². The van der Waals surface area contributed by atoms with Crippen molar-refractivity contribution in [2.75, 3.05) is 32.2 Å². The van der Waals surface area contributed by atoms with E-state index in [-0.39, 0.29) is 0 Å². The maximum atomic E-state index is 5.66. The molecule has 1 aromatic rings. The minimum absolute atomic E-state index is 0.557. The average Bonchev–Trinajstić information content (AvgIpc) is 2.57. The van der Waals surface area contributed by atoms with Gasteiger partial charge in [-0.1, -0.05) is 57.0 Å². The van der Waals surface area contributed by atoms with Gasteiger partial charge in [-0.15, -0.1) is 0 Å². The van der Waals surface area contributed by atoms with Gasteiger partial charge in [-0.2, -0.15) is 0 Å². The van der Waals surface area contributed by atoms with Crippen LogP contribution in [0.4, 0.5) is 0 Å². The molecule has 4 heteroatoms. The number of hydrogen-bond acceptors (Lipinski definition) is 4. The lowest BCUT2D eigenvalue weighted by molar-refractivity contribution is 0.0342. The number of benzene rings is 1. The molecule has 1 heterocycles. The summed E-state index contributed by atoms with van der Waals surface area (Å²) in [5.41, 5.74) is 2.33. The van der Waals surface area contributed by atoms with Gasteiger partial charge in [-0.05, 0) is 23.5 Å². The molecule has 0 aliphatic carbocycles. The van der Waals surface area contributed by atoms with E-state index in [4.69, 9.17) is 9.47 Å². The van der Waals surface area contributed by atoms with Gasteiger partial charge < -0.3 is 9.47 Å². The van der Waals surface area contributed by atoms with Crippen molar-refractivity contribution in [3.05, 3.63) is 53.5 Å². The molecule has 1 aliphatic rings. The second-order valence-corrected chi connectivity index (χ2v) is 6.34. The molecule has 0 N–H and O–H groups in total. The zero-order valence-electron chi connectivity index (χ0n) is 14.6. The molecule has 3 nitrogen and oxygen atoms in total. The minimum atomic E-state index is 0.557. The largest absolute Gasteiger partial charge is 0.483 e. The molecule has 23 heavy (non-hydrogen) atoms. The van der Waals surface area contributed by atoms with E-state index < -0.39 is 0 Å². The van der Waals surface area contributed by atoms with Gasteiger partial charge in [-0.25, -0.2) is 0 Å². The van der Waals surface area contributed by atoms with Crippen LogP contribution >= 0.6 is 11.8 Å². The van der Waals surface area contributed by atoms with Gasteiger partial charge in [0, 0.05) is 25.2 Å². The van der Waals surface area contributed by atoms with Gasteiger partial charge in [0.2, 0.25) is 0 Å². The number of allylic oxidation sites excluding steroid dienone is 1. The summed E-state index contributed by atoms with van der Waals surface area (Å²) < 4.78 is 11.0. The second kappa shape index (κ2) is 11.3. The molecule has 0 aromatic heterocycles. The minimum Gasteiger partial charge on any atom is -0.483 e. The highest BCUT2D eigenvalue weighted by Crippen LogP contribution is 2.20. The summed E-state index contributed by atoms with van der Waals surface area (Å²) in [5, 5.41) is 0. The van der Waals surface area contributed by atoms with Crippen molar-refractivity contribution in [3.8, 4) is 0 Å². The van der Waals surface area contributed by atoms with Crippen LogP contribution in [-0.2, 0) is 16.0 Å². The predicted octanol–water partition coefficient (Wildman–Crippen LogP) is 4.76.